The van der Waals surface area contributed by atoms with Gasteiger partial charge in [-0.25, -0.2) is 0 Å². The second-order valence-corrected chi connectivity index (χ2v) is 5.41. The Morgan fingerprint density at radius 2 is 2.14 bits per heavy atom. The van der Waals surface area contributed by atoms with Gasteiger partial charge >= 0.3 is 0 Å². The largest absolute Gasteiger partial charge is 0.481 e. The SMILES string of the molecule is C#CCOc1ccc(Br)cc1CNCc1cnc(C)cn1. The van der Waals surface area contributed by atoms with E-state index in [9.17, 15) is 0 Å². The first kappa shape index (κ1) is 15.5. The summed E-state index contributed by atoms with van der Waals surface area (Å²) in [6.07, 6.45) is 8.77. The van der Waals surface area contributed by atoms with E-state index < -0.39 is 0 Å². The molecule has 0 spiro atoms. The molecule has 1 heterocycles. The summed E-state index contributed by atoms with van der Waals surface area (Å²) in [5.41, 5.74) is 2.86. The number of rotatable bonds is 6. The van der Waals surface area contributed by atoms with Gasteiger partial charge in [-0.3, -0.25) is 9.97 Å². The van der Waals surface area contributed by atoms with Crippen LogP contribution in [-0.2, 0) is 13.1 Å². The average molecular weight is 346 g/mol. The molecule has 108 valence electrons. The fourth-order valence-corrected chi connectivity index (χ4v) is 2.19. The molecule has 4 nitrogen and oxygen atoms in total. The molecule has 0 aliphatic heterocycles. The lowest BCUT2D eigenvalue weighted by Gasteiger charge is -2.11. The number of halogens is 1. The minimum absolute atomic E-state index is 0.262. The van der Waals surface area contributed by atoms with Crippen LogP contribution in [0.25, 0.3) is 0 Å². The molecule has 1 aromatic heterocycles. The van der Waals surface area contributed by atoms with Crippen LogP contribution in [0.15, 0.2) is 35.1 Å². The zero-order valence-corrected chi connectivity index (χ0v) is 13.4. The number of nitrogens with one attached hydrogen (secondary N) is 1. The second-order valence-electron chi connectivity index (χ2n) is 4.50. The third kappa shape index (κ3) is 4.85. The Labute approximate surface area is 133 Å². The molecule has 0 aliphatic rings. The maximum atomic E-state index is 5.53. The Bertz CT molecular complexity index is 635. The quantitative estimate of drug-likeness (QED) is 0.817. The summed E-state index contributed by atoms with van der Waals surface area (Å²) >= 11 is 3.46. The summed E-state index contributed by atoms with van der Waals surface area (Å²) in [6.45, 7) is 3.49. The van der Waals surface area contributed by atoms with Gasteiger partial charge in [-0.1, -0.05) is 21.9 Å². The third-order valence-electron chi connectivity index (χ3n) is 2.79. The topological polar surface area (TPSA) is 47.0 Å². The summed E-state index contributed by atoms with van der Waals surface area (Å²) in [5.74, 6) is 3.26. The van der Waals surface area contributed by atoms with Crippen molar-refractivity contribution in [1.29, 1.82) is 0 Å². The molecule has 1 aromatic carbocycles. The Balaban J connectivity index is 1.97. The number of nitrogens with zero attached hydrogens (tertiary/aromatic N) is 2. The van der Waals surface area contributed by atoms with Gasteiger partial charge in [0.25, 0.3) is 0 Å². The molecule has 0 atom stereocenters. The van der Waals surface area contributed by atoms with Crippen LogP contribution in [0.5, 0.6) is 5.75 Å². The minimum Gasteiger partial charge on any atom is -0.481 e. The van der Waals surface area contributed by atoms with Gasteiger partial charge in [-0.2, -0.15) is 0 Å². The van der Waals surface area contributed by atoms with Gasteiger partial charge in [0, 0.05) is 35.5 Å². The summed E-state index contributed by atoms with van der Waals surface area (Å²) in [6, 6.07) is 5.85. The lowest BCUT2D eigenvalue weighted by molar-refractivity contribution is 0.364. The lowest BCUT2D eigenvalue weighted by Crippen LogP contribution is -2.15. The van der Waals surface area contributed by atoms with Crippen LogP contribution < -0.4 is 10.1 Å². The Hall–Kier alpha value is -1.90. The third-order valence-corrected chi connectivity index (χ3v) is 3.28. The van der Waals surface area contributed by atoms with Crippen molar-refractivity contribution >= 4 is 15.9 Å². The van der Waals surface area contributed by atoms with Gasteiger partial charge in [0.2, 0.25) is 0 Å². The van der Waals surface area contributed by atoms with Crippen LogP contribution in [0.3, 0.4) is 0 Å². The highest BCUT2D eigenvalue weighted by Gasteiger charge is 2.05. The lowest BCUT2D eigenvalue weighted by atomic mass is 10.2. The number of hydrogen-bond acceptors (Lipinski definition) is 4. The summed E-state index contributed by atoms with van der Waals surface area (Å²) in [5, 5.41) is 3.33. The minimum atomic E-state index is 0.262. The first-order valence-corrected chi connectivity index (χ1v) is 7.31. The van der Waals surface area contributed by atoms with Crippen molar-refractivity contribution in [2.24, 2.45) is 0 Å². The van der Waals surface area contributed by atoms with E-state index >= 15 is 0 Å². The summed E-state index contributed by atoms with van der Waals surface area (Å²) < 4.78 is 6.54. The van der Waals surface area contributed by atoms with E-state index in [-0.39, 0.29) is 6.61 Å². The van der Waals surface area contributed by atoms with Crippen molar-refractivity contribution in [2.45, 2.75) is 20.0 Å². The zero-order valence-electron chi connectivity index (χ0n) is 11.8. The molecular weight excluding hydrogens is 330 g/mol. The smallest absolute Gasteiger partial charge is 0.148 e. The standard InChI is InChI=1S/C16H16BrN3O/c1-3-6-21-16-5-4-14(17)7-13(16)9-18-10-15-11-19-12(2)8-20-15/h1,4-5,7-8,11,18H,6,9-10H2,2H3. The predicted molar refractivity (Wildman–Crippen MR) is 85.8 cm³/mol. The molecular formula is C16H16BrN3O. The van der Waals surface area contributed by atoms with Gasteiger partial charge in [-0.05, 0) is 25.1 Å². The van der Waals surface area contributed by atoms with Crippen molar-refractivity contribution in [2.75, 3.05) is 6.61 Å². The summed E-state index contributed by atoms with van der Waals surface area (Å²) in [7, 11) is 0. The number of benzene rings is 1. The fourth-order valence-electron chi connectivity index (χ4n) is 1.78. The molecule has 0 saturated carbocycles. The molecule has 0 fully saturated rings. The molecule has 0 bridgehead atoms. The highest BCUT2D eigenvalue weighted by molar-refractivity contribution is 9.10. The summed E-state index contributed by atoms with van der Waals surface area (Å²) in [4.78, 5) is 8.53. The highest BCUT2D eigenvalue weighted by atomic mass is 79.9. The van der Waals surface area contributed by atoms with Crippen LogP contribution >= 0.6 is 15.9 Å². The highest BCUT2D eigenvalue weighted by Crippen LogP contribution is 2.23. The van der Waals surface area contributed by atoms with Crippen molar-refractivity contribution in [3.8, 4) is 18.1 Å². The number of aryl methyl sites for hydroxylation is 1. The maximum Gasteiger partial charge on any atom is 0.148 e. The average Bonchev–Trinajstić information content (AvgIpc) is 2.48. The van der Waals surface area contributed by atoms with E-state index in [0.29, 0.717) is 13.1 Å². The molecule has 2 rings (SSSR count). The first-order valence-electron chi connectivity index (χ1n) is 6.52. The monoisotopic (exact) mass is 345 g/mol. The van der Waals surface area contributed by atoms with Crippen LogP contribution in [0.4, 0.5) is 0 Å². The molecule has 5 heteroatoms. The normalized spacial score (nSPS) is 10.1. The molecule has 0 radical (unpaired) electrons. The van der Waals surface area contributed by atoms with E-state index in [2.05, 4.69) is 37.1 Å². The van der Waals surface area contributed by atoms with Crippen LogP contribution in [0.1, 0.15) is 17.0 Å². The van der Waals surface area contributed by atoms with E-state index in [4.69, 9.17) is 11.2 Å². The molecule has 1 N–H and O–H groups in total. The Kier molecular flexibility index (Phi) is 5.73. The molecule has 0 unspecified atom stereocenters. The van der Waals surface area contributed by atoms with Gasteiger partial charge in [0.1, 0.15) is 12.4 Å². The van der Waals surface area contributed by atoms with E-state index in [0.717, 1.165) is 27.2 Å². The van der Waals surface area contributed by atoms with Gasteiger partial charge < -0.3 is 10.1 Å². The van der Waals surface area contributed by atoms with Crippen molar-refractivity contribution in [1.82, 2.24) is 15.3 Å². The van der Waals surface area contributed by atoms with Crippen molar-refractivity contribution in [3.63, 3.8) is 0 Å². The number of ether oxygens (including phenoxy) is 1. The van der Waals surface area contributed by atoms with Crippen molar-refractivity contribution < 1.29 is 4.74 Å². The van der Waals surface area contributed by atoms with Crippen molar-refractivity contribution in [3.05, 3.63) is 52.0 Å². The molecule has 21 heavy (non-hydrogen) atoms. The molecule has 2 aromatic rings. The van der Waals surface area contributed by atoms with Crippen LogP contribution in [-0.4, -0.2) is 16.6 Å². The fraction of sp³-hybridized carbons (Fsp3) is 0.250. The van der Waals surface area contributed by atoms with E-state index in [1.54, 1.807) is 12.4 Å². The Morgan fingerprint density at radius 1 is 1.29 bits per heavy atom. The van der Waals surface area contributed by atoms with Gasteiger partial charge in [0.15, 0.2) is 0 Å². The van der Waals surface area contributed by atoms with E-state index in [1.807, 2.05) is 25.1 Å². The Morgan fingerprint density at radius 3 is 2.86 bits per heavy atom. The number of terminal acetylenes is 1. The molecule has 0 amide bonds. The predicted octanol–water partition coefficient (Wildman–Crippen LogP) is 2.85. The second kappa shape index (κ2) is 7.77. The number of aromatic nitrogens is 2. The van der Waals surface area contributed by atoms with Crippen LogP contribution in [0.2, 0.25) is 0 Å². The molecule has 0 saturated heterocycles. The zero-order chi connectivity index (χ0) is 15.1. The van der Waals surface area contributed by atoms with E-state index in [1.165, 1.54) is 0 Å². The van der Waals surface area contributed by atoms with Gasteiger partial charge in [0.05, 0.1) is 11.4 Å². The number of hydrogen-bond donors (Lipinski definition) is 1. The van der Waals surface area contributed by atoms with Gasteiger partial charge in [-0.15, -0.1) is 6.42 Å². The first-order chi connectivity index (χ1) is 10.2. The maximum absolute atomic E-state index is 5.53. The molecule has 0 aliphatic carbocycles. The van der Waals surface area contributed by atoms with Crippen LogP contribution in [0, 0.1) is 19.3 Å².